The zero-order chi connectivity index (χ0) is 2.71. The first-order valence-corrected chi connectivity index (χ1v) is 1.15. The Labute approximate surface area is 53.3 Å². The van der Waals surface area contributed by atoms with Crippen LogP contribution < -0.4 is 6.15 Å². The van der Waals surface area contributed by atoms with Gasteiger partial charge in [0.2, 0.25) is 0 Å². The van der Waals surface area contributed by atoms with Crippen molar-refractivity contribution in [3.05, 3.63) is 0 Å². The van der Waals surface area contributed by atoms with E-state index < -0.39 is 8.69 Å². The van der Waals surface area contributed by atoms with Crippen LogP contribution >= 0.6 is 8.69 Å². The van der Waals surface area contributed by atoms with Crippen LogP contribution in [0.25, 0.3) is 0 Å². The van der Waals surface area contributed by atoms with Crippen LogP contribution in [0, 0.1) is 0 Å². The number of hydrogen-bond acceptors (Lipinski definition) is 2. The Kier molecular flexibility index (Phi) is 209. The van der Waals surface area contributed by atoms with Gasteiger partial charge in [0.05, 0.1) is 0 Å². The molecule has 0 bridgehead atoms. The Morgan fingerprint density at radius 3 is 1.50 bits per heavy atom. The van der Waals surface area contributed by atoms with Crippen LogP contribution in [0.1, 0.15) is 0 Å². The van der Waals surface area contributed by atoms with Gasteiger partial charge in [-0.25, -0.2) is 4.57 Å². The second-order valence-electron chi connectivity index (χ2n) is 0.0816. The normalized spacial score (nSPS) is 3.50. The molecule has 0 aliphatic carbocycles. The first-order valence-electron chi connectivity index (χ1n) is 0.383. The maximum Gasteiger partial charge on any atom is 0.324 e. The maximum atomic E-state index is 8.46. The van der Waals surface area contributed by atoms with Gasteiger partial charge in [0.1, 0.15) is 0 Å². The topological polar surface area (TPSA) is 104 Å². The van der Waals surface area contributed by atoms with E-state index in [-0.39, 0.29) is 34.7 Å². The number of rotatable bonds is 0. The van der Waals surface area contributed by atoms with Crippen molar-refractivity contribution in [1.29, 1.82) is 0 Å². The minimum atomic E-state index is -0.833. The fourth-order valence-corrected chi connectivity index (χ4v) is 0. The minimum absolute atomic E-state index is 0. The van der Waals surface area contributed by atoms with Gasteiger partial charge in [-0.2, -0.15) is 0 Å². The zero-order valence-electron chi connectivity index (χ0n) is 2.51. The van der Waals surface area contributed by atoms with Crippen molar-refractivity contribution in [2.24, 2.45) is 0 Å². The lowest BCUT2D eigenvalue weighted by molar-refractivity contribution is 0.524. The molecule has 0 aromatic rings. The smallest absolute Gasteiger partial charge is 0.324 e. The highest BCUT2D eigenvalue weighted by Gasteiger charge is 1.28. The van der Waals surface area contributed by atoms with Crippen LogP contribution in [-0.2, 0) is 4.57 Å². The molecule has 0 atom stereocenters. The van der Waals surface area contributed by atoms with Crippen molar-refractivity contribution in [2.75, 3.05) is 0 Å². The van der Waals surface area contributed by atoms with Crippen LogP contribution in [0.3, 0.4) is 0 Å². The van der Waals surface area contributed by atoms with Gasteiger partial charge in [-0.1, -0.05) is 0 Å². The van der Waals surface area contributed by atoms with Gasteiger partial charge in [0.25, 0.3) is 0 Å². The summed E-state index contributed by atoms with van der Waals surface area (Å²) in [6, 6.07) is 0. The van der Waals surface area contributed by atoms with Gasteiger partial charge in [0, 0.05) is 0 Å². The molecule has 0 heterocycles. The quantitative estimate of drug-likeness (QED) is 0.307. The average molecular weight is 125 g/mol. The highest BCUT2D eigenvalue weighted by molar-refractivity contribution is 7.16. The summed E-state index contributed by atoms with van der Waals surface area (Å²) in [5.74, 6) is 0. The molecule has 0 spiro atoms. The molecule has 0 aliphatic heterocycles. The van der Waals surface area contributed by atoms with Crippen LogP contribution in [0.5, 0.6) is 0 Å². The molecule has 0 aliphatic rings. The summed E-state index contributed by atoms with van der Waals surface area (Å²) in [5, 5.41) is 0. The van der Waals surface area contributed by atoms with Gasteiger partial charge in [-0.15, -0.1) is 0 Å². The van der Waals surface area contributed by atoms with Crippen LogP contribution in [0.15, 0.2) is 0 Å². The van der Waals surface area contributed by atoms with E-state index in [9.17, 15) is 0 Å². The fraction of sp³-hybridized carbons (Fsp3) is 0. The van der Waals surface area contributed by atoms with Crippen molar-refractivity contribution >= 4 is 31.7 Å². The van der Waals surface area contributed by atoms with E-state index in [1.54, 1.807) is 0 Å². The minimum Gasteiger partial charge on any atom is -0.412 e. The van der Waals surface area contributed by atoms with Crippen LogP contribution in [-0.4, -0.2) is 33.4 Å². The van der Waals surface area contributed by atoms with E-state index in [2.05, 4.69) is 0 Å². The Hall–Kier alpha value is 0.746. The monoisotopic (exact) mass is 125 g/mol. The Bertz CT molecular complexity index is 18.3. The first-order chi connectivity index (χ1) is 1.41. The Morgan fingerprint density at radius 1 is 1.50 bits per heavy atom. The zero-order valence-corrected chi connectivity index (χ0v) is 3.40. The summed E-state index contributed by atoms with van der Waals surface area (Å²) in [6.45, 7) is 0. The van der Waals surface area contributed by atoms with E-state index in [1.807, 2.05) is 0 Å². The second kappa shape index (κ2) is 42.4. The molecule has 6 heavy (non-hydrogen) atoms. The second-order valence-corrected chi connectivity index (χ2v) is 0.245. The Balaban J connectivity index is -0.00000000667. The summed E-state index contributed by atoms with van der Waals surface area (Å²) in [7, 11) is -0.833. The summed E-state index contributed by atoms with van der Waals surface area (Å²) < 4.78 is 8.46. The molecule has 0 saturated heterocycles. The summed E-state index contributed by atoms with van der Waals surface area (Å²) >= 11 is 0. The molecule has 0 saturated carbocycles. The molecule has 0 aromatic carbocycles. The van der Waals surface area contributed by atoms with Gasteiger partial charge in [-0.05, 0) is 0 Å². The predicted octanol–water partition coefficient (Wildman–Crippen LogP) is -1.39. The van der Waals surface area contributed by atoms with Crippen LogP contribution in [0.4, 0.5) is 0 Å². The molecule has 0 radical (unpaired) electrons. The van der Waals surface area contributed by atoms with Gasteiger partial charge in [-0.3, -0.25) is 0 Å². The van der Waals surface area contributed by atoms with Gasteiger partial charge < -0.3 is 16.5 Å². The molecule has 6 N–H and O–H groups in total. The van der Waals surface area contributed by atoms with Gasteiger partial charge in [0.15, 0.2) is 0 Å². The molecule has 38 valence electrons. The van der Waals surface area contributed by atoms with E-state index in [0.717, 1.165) is 0 Å². The average Bonchev–Trinajstić information content (AvgIpc) is 0.918. The van der Waals surface area contributed by atoms with Crippen molar-refractivity contribution in [3.63, 3.8) is 0 Å². The van der Waals surface area contributed by atoms with Crippen molar-refractivity contribution in [1.82, 2.24) is 6.15 Å². The van der Waals surface area contributed by atoms with E-state index in [1.165, 1.54) is 0 Å². The lowest BCUT2D eigenvalue weighted by Crippen LogP contribution is -1.03. The standard InChI is InChI=1S/Mg.H3N.HO2P.H2O.2H/c;;1-3-2;;;/h;1H3;(H,1,2);1H2;;. The highest BCUT2D eigenvalue weighted by Crippen LogP contribution is 1.66. The van der Waals surface area contributed by atoms with Crippen molar-refractivity contribution in [3.8, 4) is 0 Å². The highest BCUT2D eigenvalue weighted by atomic mass is 31.1. The van der Waals surface area contributed by atoms with Crippen LogP contribution in [0.2, 0.25) is 0 Å². The maximum absolute atomic E-state index is 8.46. The molecule has 4 nitrogen and oxygen atoms in total. The molecular weight excluding hydrogens is 117 g/mol. The van der Waals surface area contributed by atoms with Crippen molar-refractivity contribution < 1.29 is 14.9 Å². The lowest BCUT2D eigenvalue weighted by Gasteiger charge is -1.24. The summed E-state index contributed by atoms with van der Waals surface area (Å²) in [4.78, 5) is 6.99. The molecule has 0 rings (SSSR count). The third-order valence-electron chi connectivity index (χ3n) is 0. The lowest BCUT2D eigenvalue weighted by atomic mass is 14.0. The molecule has 0 amide bonds. The van der Waals surface area contributed by atoms with E-state index in [4.69, 9.17) is 9.46 Å². The molecule has 0 fully saturated rings. The molecular formula is H8MgNO3P. The third kappa shape index (κ3) is 120. The molecule has 0 aromatic heterocycles. The SMILES string of the molecule is N.O.O=PO.[MgH2]. The largest absolute Gasteiger partial charge is 0.412 e. The fourth-order valence-electron chi connectivity index (χ4n) is 0. The predicted molar refractivity (Wildman–Crippen MR) is 27.0 cm³/mol. The van der Waals surface area contributed by atoms with Gasteiger partial charge >= 0.3 is 31.7 Å². The Morgan fingerprint density at radius 2 is 1.50 bits per heavy atom. The molecule has 6 heteroatoms. The van der Waals surface area contributed by atoms with E-state index >= 15 is 0 Å². The summed E-state index contributed by atoms with van der Waals surface area (Å²) in [6.07, 6.45) is 0. The van der Waals surface area contributed by atoms with E-state index in [0.29, 0.717) is 0 Å². The summed E-state index contributed by atoms with van der Waals surface area (Å²) in [5.41, 5.74) is 0. The molecule has 0 unspecified atom stereocenters. The number of hydrogen-bond donors (Lipinski definition) is 2. The third-order valence-corrected chi connectivity index (χ3v) is 0. The first kappa shape index (κ1) is 29.5. The van der Waals surface area contributed by atoms with Crippen molar-refractivity contribution in [2.45, 2.75) is 0 Å².